The van der Waals surface area contributed by atoms with E-state index >= 15 is 0 Å². The molecule has 1 unspecified atom stereocenters. The first-order valence-electron chi connectivity index (χ1n) is 7.46. The number of guanidine groups is 1. The summed E-state index contributed by atoms with van der Waals surface area (Å²) in [6.45, 7) is 8.45. The van der Waals surface area contributed by atoms with Gasteiger partial charge in [0.05, 0.1) is 12.1 Å². The molecule has 1 spiro atoms. The first-order valence-corrected chi connectivity index (χ1v) is 7.46. The third-order valence-electron chi connectivity index (χ3n) is 4.66. The lowest BCUT2D eigenvalue weighted by Crippen LogP contribution is -2.53. The zero-order chi connectivity index (χ0) is 14.2. The van der Waals surface area contributed by atoms with Gasteiger partial charge in [0.15, 0.2) is 5.96 Å². The standard InChI is InChI=1S/C16H24N4/c1-13(2)19-9-8-16(12-19)11-18-15(17)20(16)10-14-6-4-3-5-7-14/h3-7,13H,8-12H2,1-2H3,(H2,17,18). The maximum absolute atomic E-state index is 6.16. The predicted octanol–water partition coefficient (Wildman–Crippen LogP) is 1.67. The van der Waals surface area contributed by atoms with Gasteiger partial charge >= 0.3 is 0 Å². The van der Waals surface area contributed by atoms with Crippen molar-refractivity contribution >= 4 is 5.96 Å². The molecule has 4 heteroatoms. The number of nitrogens with two attached hydrogens (primary N) is 1. The van der Waals surface area contributed by atoms with Gasteiger partial charge in [0, 0.05) is 25.7 Å². The maximum Gasteiger partial charge on any atom is 0.192 e. The van der Waals surface area contributed by atoms with Gasteiger partial charge in [0.2, 0.25) is 0 Å². The Morgan fingerprint density at radius 3 is 2.70 bits per heavy atom. The lowest BCUT2D eigenvalue weighted by Gasteiger charge is -2.36. The van der Waals surface area contributed by atoms with Gasteiger partial charge in [-0.05, 0) is 25.8 Å². The molecule has 2 heterocycles. The Balaban J connectivity index is 1.79. The van der Waals surface area contributed by atoms with Gasteiger partial charge in [-0.3, -0.25) is 9.89 Å². The van der Waals surface area contributed by atoms with Crippen LogP contribution in [0.2, 0.25) is 0 Å². The van der Waals surface area contributed by atoms with E-state index < -0.39 is 0 Å². The smallest absolute Gasteiger partial charge is 0.192 e. The third kappa shape index (κ3) is 2.29. The molecule has 3 rings (SSSR count). The maximum atomic E-state index is 6.16. The van der Waals surface area contributed by atoms with Crippen LogP contribution in [0, 0.1) is 0 Å². The number of rotatable bonds is 3. The quantitative estimate of drug-likeness (QED) is 0.910. The largest absolute Gasteiger partial charge is 0.370 e. The summed E-state index contributed by atoms with van der Waals surface area (Å²) in [5.74, 6) is 0.708. The summed E-state index contributed by atoms with van der Waals surface area (Å²) >= 11 is 0. The minimum atomic E-state index is 0.115. The Bertz CT molecular complexity index is 496. The summed E-state index contributed by atoms with van der Waals surface area (Å²) in [4.78, 5) is 9.39. The molecule has 0 bridgehead atoms. The van der Waals surface area contributed by atoms with Crippen LogP contribution in [0.25, 0.3) is 0 Å². The topological polar surface area (TPSA) is 44.9 Å². The van der Waals surface area contributed by atoms with Crippen LogP contribution in [-0.2, 0) is 6.54 Å². The van der Waals surface area contributed by atoms with Gasteiger partial charge in [-0.1, -0.05) is 30.3 Å². The SMILES string of the molecule is CC(C)N1CCC2(CN=C(N)N2Cc2ccccc2)C1. The van der Waals surface area contributed by atoms with Crippen LogP contribution in [-0.4, -0.2) is 47.0 Å². The molecule has 4 nitrogen and oxygen atoms in total. The summed E-state index contributed by atoms with van der Waals surface area (Å²) < 4.78 is 0. The normalized spacial score (nSPS) is 26.8. The van der Waals surface area contributed by atoms with Gasteiger partial charge in [0.1, 0.15) is 0 Å². The second-order valence-electron chi connectivity index (χ2n) is 6.28. The van der Waals surface area contributed by atoms with Crippen LogP contribution in [0.4, 0.5) is 0 Å². The van der Waals surface area contributed by atoms with Crippen LogP contribution < -0.4 is 5.73 Å². The molecular formula is C16H24N4. The molecule has 0 aliphatic carbocycles. The number of benzene rings is 1. The van der Waals surface area contributed by atoms with Crippen LogP contribution in [0.15, 0.2) is 35.3 Å². The van der Waals surface area contributed by atoms with Crippen LogP contribution in [0.3, 0.4) is 0 Å². The third-order valence-corrected chi connectivity index (χ3v) is 4.66. The summed E-state index contributed by atoms with van der Waals surface area (Å²) in [7, 11) is 0. The van der Waals surface area contributed by atoms with Gasteiger partial charge in [-0.15, -0.1) is 0 Å². The second kappa shape index (κ2) is 5.09. The highest BCUT2D eigenvalue weighted by atomic mass is 15.4. The first kappa shape index (κ1) is 13.4. The van der Waals surface area contributed by atoms with Crippen molar-refractivity contribution in [1.82, 2.24) is 9.80 Å². The summed E-state index contributed by atoms with van der Waals surface area (Å²) in [5, 5.41) is 0. The van der Waals surface area contributed by atoms with Gasteiger partial charge < -0.3 is 10.6 Å². The molecule has 108 valence electrons. The Morgan fingerprint density at radius 1 is 1.30 bits per heavy atom. The Labute approximate surface area is 121 Å². The molecule has 1 atom stereocenters. The minimum absolute atomic E-state index is 0.115. The van der Waals surface area contributed by atoms with Crippen LogP contribution in [0.1, 0.15) is 25.8 Å². The predicted molar refractivity (Wildman–Crippen MR) is 82.5 cm³/mol. The number of hydrogen-bond acceptors (Lipinski definition) is 4. The molecule has 1 aromatic rings. The zero-order valence-electron chi connectivity index (χ0n) is 12.4. The van der Waals surface area contributed by atoms with E-state index in [9.17, 15) is 0 Å². The average molecular weight is 272 g/mol. The van der Waals surface area contributed by atoms with Crippen molar-refractivity contribution in [1.29, 1.82) is 0 Å². The number of hydrogen-bond donors (Lipinski definition) is 1. The lowest BCUT2D eigenvalue weighted by atomic mass is 9.97. The molecular weight excluding hydrogens is 248 g/mol. The number of aliphatic imine (C=N–C) groups is 1. The van der Waals surface area contributed by atoms with Crippen LogP contribution >= 0.6 is 0 Å². The molecule has 2 aliphatic rings. The number of nitrogens with zero attached hydrogens (tertiary/aromatic N) is 3. The van der Waals surface area contributed by atoms with E-state index in [0.717, 1.165) is 32.6 Å². The summed E-state index contributed by atoms with van der Waals surface area (Å²) in [6.07, 6.45) is 1.15. The molecule has 0 radical (unpaired) electrons. The van der Waals surface area contributed by atoms with Crippen molar-refractivity contribution in [3.63, 3.8) is 0 Å². The molecule has 1 aromatic carbocycles. The fourth-order valence-electron chi connectivity index (χ4n) is 3.33. The molecule has 2 aliphatic heterocycles. The highest BCUT2D eigenvalue weighted by Gasteiger charge is 2.47. The fourth-order valence-corrected chi connectivity index (χ4v) is 3.33. The highest BCUT2D eigenvalue weighted by molar-refractivity contribution is 5.81. The van der Waals surface area contributed by atoms with E-state index in [2.05, 4.69) is 59.0 Å². The molecule has 1 saturated heterocycles. The van der Waals surface area contributed by atoms with E-state index in [1.54, 1.807) is 0 Å². The van der Waals surface area contributed by atoms with Crippen molar-refractivity contribution in [2.45, 2.75) is 38.4 Å². The Morgan fingerprint density at radius 2 is 2.05 bits per heavy atom. The van der Waals surface area contributed by atoms with E-state index in [1.165, 1.54) is 5.56 Å². The number of likely N-dealkylation sites (tertiary alicyclic amines) is 1. The Kier molecular flexibility index (Phi) is 3.42. The first-order chi connectivity index (χ1) is 9.61. The molecule has 1 fully saturated rings. The molecule has 20 heavy (non-hydrogen) atoms. The second-order valence-corrected chi connectivity index (χ2v) is 6.28. The zero-order valence-corrected chi connectivity index (χ0v) is 12.4. The van der Waals surface area contributed by atoms with E-state index in [0.29, 0.717) is 12.0 Å². The molecule has 0 saturated carbocycles. The van der Waals surface area contributed by atoms with Crippen LogP contribution in [0.5, 0.6) is 0 Å². The van der Waals surface area contributed by atoms with Gasteiger partial charge in [-0.2, -0.15) is 0 Å². The molecule has 0 aromatic heterocycles. The van der Waals surface area contributed by atoms with Crippen molar-refractivity contribution in [2.75, 3.05) is 19.6 Å². The van der Waals surface area contributed by atoms with Crippen molar-refractivity contribution in [2.24, 2.45) is 10.7 Å². The minimum Gasteiger partial charge on any atom is -0.370 e. The van der Waals surface area contributed by atoms with Crippen molar-refractivity contribution in [3.05, 3.63) is 35.9 Å². The van der Waals surface area contributed by atoms with Crippen molar-refractivity contribution in [3.8, 4) is 0 Å². The van der Waals surface area contributed by atoms with Crippen molar-refractivity contribution < 1.29 is 0 Å². The molecule has 0 amide bonds. The molecule has 2 N–H and O–H groups in total. The average Bonchev–Trinajstić information content (AvgIpc) is 3.00. The fraction of sp³-hybridized carbons (Fsp3) is 0.562. The van der Waals surface area contributed by atoms with E-state index in [1.807, 2.05) is 0 Å². The summed E-state index contributed by atoms with van der Waals surface area (Å²) in [5.41, 5.74) is 7.58. The Hall–Kier alpha value is -1.55. The van der Waals surface area contributed by atoms with Gasteiger partial charge in [0.25, 0.3) is 0 Å². The van der Waals surface area contributed by atoms with Gasteiger partial charge in [-0.25, -0.2) is 0 Å². The lowest BCUT2D eigenvalue weighted by molar-refractivity contribution is 0.176. The van der Waals surface area contributed by atoms with E-state index in [-0.39, 0.29) is 5.54 Å². The summed E-state index contributed by atoms with van der Waals surface area (Å²) in [6, 6.07) is 11.1. The highest BCUT2D eigenvalue weighted by Crippen LogP contribution is 2.34. The van der Waals surface area contributed by atoms with E-state index in [4.69, 9.17) is 5.73 Å². The monoisotopic (exact) mass is 272 g/mol.